The second-order valence-electron chi connectivity index (χ2n) is 11.4. The van der Waals surface area contributed by atoms with Crippen LogP contribution in [0.15, 0.2) is 60.7 Å². The fourth-order valence-electron chi connectivity index (χ4n) is 4.68. The first-order chi connectivity index (χ1) is 19.0. The van der Waals surface area contributed by atoms with Crippen molar-refractivity contribution in [3.8, 4) is 6.07 Å². The minimum atomic E-state index is -4.89. The van der Waals surface area contributed by atoms with Crippen LogP contribution in [-0.2, 0) is 22.9 Å². The van der Waals surface area contributed by atoms with Crippen LogP contribution < -0.4 is 4.90 Å². The topological polar surface area (TPSA) is 81.5 Å². The molecule has 3 aromatic carbocycles. The van der Waals surface area contributed by atoms with Crippen molar-refractivity contribution in [1.29, 1.82) is 5.26 Å². The van der Waals surface area contributed by atoms with Gasteiger partial charge in [-0.05, 0) is 60.7 Å². The maximum absolute atomic E-state index is 14.3. The van der Waals surface area contributed by atoms with E-state index in [-0.39, 0.29) is 28.8 Å². The van der Waals surface area contributed by atoms with Crippen molar-refractivity contribution in [2.24, 2.45) is 0 Å². The summed E-state index contributed by atoms with van der Waals surface area (Å²) >= 11 is 0. The average molecular weight is 566 g/mol. The number of ketones is 1. The predicted octanol–water partition coefficient (Wildman–Crippen LogP) is 6.99. The Kier molecular flexibility index (Phi) is 7.29. The maximum Gasteiger partial charge on any atom is 0.417 e. The quantitative estimate of drug-likeness (QED) is 0.190. The summed E-state index contributed by atoms with van der Waals surface area (Å²) in [6, 6.07) is 13.5. The highest BCUT2D eigenvalue weighted by molar-refractivity contribution is 6.23. The Labute approximate surface area is 234 Å². The molecule has 0 saturated carbocycles. The first-order valence-electron chi connectivity index (χ1n) is 12.7. The number of urea groups is 1. The van der Waals surface area contributed by atoms with Crippen LogP contribution in [0.2, 0.25) is 0 Å². The molecule has 0 aromatic heterocycles. The number of benzene rings is 3. The molecule has 41 heavy (non-hydrogen) atoms. The van der Waals surface area contributed by atoms with Crippen LogP contribution in [0.3, 0.4) is 0 Å². The number of carbonyl (C=O) groups is 3. The standard InChI is InChI=1S/C31H27F4N3O3/c1-29(2,3)21-10-6-18(7-11-21)26(39)24-14-22(32)12-8-20(24)17-37-28(41)38(27(40)30(37,4)5)23-13-9-19(16-36)25(15-23)31(33,34)35/h6-15H,17H2,1-5H3. The largest absolute Gasteiger partial charge is 0.417 e. The van der Waals surface area contributed by atoms with Crippen LogP contribution in [0, 0.1) is 17.1 Å². The molecule has 0 atom stereocenters. The van der Waals surface area contributed by atoms with Crippen LogP contribution >= 0.6 is 0 Å². The number of amides is 3. The summed E-state index contributed by atoms with van der Waals surface area (Å²) in [5.41, 5.74) is -2.42. The highest BCUT2D eigenvalue weighted by atomic mass is 19.4. The van der Waals surface area contributed by atoms with E-state index in [2.05, 4.69) is 0 Å². The van der Waals surface area contributed by atoms with Gasteiger partial charge in [-0.25, -0.2) is 14.1 Å². The second-order valence-corrected chi connectivity index (χ2v) is 11.4. The van der Waals surface area contributed by atoms with E-state index < -0.39 is 46.4 Å². The van der Waals surface area contributed by atoms with E-state index in [9.17, 15) is 31.9 Å². The molecule has 3 aromatic rings. The normalized spacial score (nSPS) is 15.3. The second kappa shape index (κ2) is 10.1. The summed E-state index contributed by atoms with van der Waals surface area (Å²) in [6.45, 7) is 8.63. The van der Waals surface area contributed by atoms with Crippen LogP contribution in [0.4, 0.5) is 28.0 Å². The Morgan fingerprint density at radius 1 is 0.951 bits per heavy atom. The number of rotatable bonds is 5. The summed E-state index contributed by atoms with van der Waals surface area (Å²) in [4.78, 5) is 42.1. The number of nitrogens with zero attached hydrogens (tertiary/aromatic N) is 3. The molecule has 0 radical (unpaired) electrons. The molecule has 3 amide bonds. The fourth-order valence-corrected chi connectivity index (χ4v) is 4.68. The SMILES string of the molecule is CC(C)(C)c1ccc(C(=O)c2cc(F)ccc2CN2C(=O)N(c3ccc(C#N)c(C(F)(F)F)c3)C(=O)C2(C)C)cc1. The smallest absolute Gasteiger partial charge is 0.305 e. The molecule has 212 valence electrons. The van der Waals surface area contributed by atoms with Crippen LogP contribution in [0.1, 0.15) is 72.8 Å². The van der Waals surface area contributed by atoms with Gasteiger partial charge in [-0.1, -0.05) is 51.1 Å². The van der Waals surface area contributed by atoms with E-state index in [1.807, 2.05) is 32.9 Å². The Hall–Kier alpha value is -4.52. The number of carbonyl (C=O) groups excluding carboxylic acids is 3. The molecule has 1 aliphatic rings. The molecular formula is C31H27F4N3O3. The van der Waals surface area contributed by atoms with Gasteiger partial charge in [0.25, 0.3) is 5.91 Å². The lowest BCUT2D eigenvalue weighted by Gasteiger charge is -2.28. The monoisotopic (exact) mass is 565 g/mol. The molecule has 0 aliphatic carbocycles. The Morgan fingerprint density at radius 3 is 2.15 bits per heavy atom. The van der Waals surface area contributed by atoms with Gasteiger partial charge in [0.05, 0.1) is 22.9 Å². The molecule has 10 heteroatoms. The summed E-state index contributed by atoms with van der Waals surface area (Å²) < 4.78 is 55.0. The van der Waals surface area contributed by atoms with E-state index in [0.29, 0.717) is 16.5 Å². The fraction of sp³-hybridized carbons (Fsp3) is 0.290. The van der Waals surface area contributed by atoms with Crippen molar-refractivity contribution in [3.63, 3.8) is 0 Å². The number of hydrogen-bond acceptors (Lipinski definition) is 4. The zero-order valence-electron chi connectivity index (χ0n) is 23.1. The molecule has 0 unspecified atom stereocenters. The van der Waals surface area contributed by atoms with E-state index in [1.165, 1.54) is 26.0 Å². The first-order valence-corrected chi connectivity index (χ1v) is 12.7. The van der Waals surface area contributed by atoms with Gasteiger partial charge in [0.1, 0.15) is 11.4 Å². The van der Waals surface area contributed by atoms with Gasteiger partial charge in [-0.2, -0.15) is 18.4 Å². The molecule has 1 fully saturated rings. The first kappa shape index (κ1) is 29.5. The Morgan fingerprint density at radius 2 is 1.59 bits per heavy atom. The van der Waals surface area contributed by atoms with Crippen molar-refractivity contribution in [3.05, 3.63) is 99.9 Å². The van der Waals surface area contributed by atoms with Crippen LogP contribution in [0.25, 0.3) is 0 Å². The lowest BCUT2D eigenvalue weighted by molar-refractivity contribution is -0.137. The van der Waals surface area contributed by atoms with E-state index in [1.54, 1.807) is 12.1 Å². The third kappa shape index (κ3) is 5.44. The van der Waals surface area contributed by atoms with E-state index in [0.717, 1.165) is 34.7 Å². The average Bonchev–Trinajstić information content (AvgIpc) is 3.06. The van der Waals surface area contributed by atoms with Crippen LogP contribution in [0.5, 0.6) is 0 Å². The van der Waals surface area contributed by atoms with Gasteiger partial charge in [0.15, 0.2) is 5.78 Å². The molecule has 0 spiro atoms. The summed E-state index contributed by atoms with van der Waals surface area (Å²) in [5, 5.41) is 9.09. The van der Waals surface area contributed by atoms with Crippen molar-refractivity contribution in [2.75, 3.05) is 4.90 Å². The number of halogens is 4. The summed E-state index contributed by atoms with van der Waals surface area (Å²) in [6.07, 6.45) is -4.89. The van der Waals surface area contributed by atoms with Crippen molar-refractivity contribution in [2.45, 2.75) is 58.3 Å². The van der Waals surface area contributed by atoms with Crippen molar-refractivity contribution >= 4 is 23.4 Å². The van der Waals surface area contributed by atoms with Gasteiger partial charge in [0, 0.05) is 17.7 Å². The summed E-state index contributed by atoms with van der Waals surface area (Å²) in [7, 11) is 0. The predicted molar refractivity (Wildman–Crippen MR) is 144 cm³/mol. The maximum atomic E-state index is 14.3. The zero-order valence-corrected chi connectivity index (χ0v) is 23.1. The molecule has 1 saturated heterocycles. The minimum absolute atomic E-state index is 0.0132. The lowest BCUT2D eigenvalue weighted by Crippen LogP contribution is -2.43. The molecular weight excluding hydrogens is 538 g/mol. The number of nitriles is 1. The van der Waals surface area contributed by atoms with Gasteiger partial charge in [-0.15, -0.1) is 0 Å². The number of anilines is 1. The van der Waals surface area contributed by atoms with Crippen molar-refractivity contribution < 1.29 is 31.9 Å². The lowest BCUT2D eigenvalue weighted by atomic mass is 9.86. The Balaban J connectivity index is 1.71. The molecule has 0 N–H and O–H groups in total. The number of imide groups is 1. The highest BCUT2D eigenvalue weighted by Crippen LogP contribution is 2.38. The van der Waals surface area contributed by atoms with E-state index in [4.69, 9.17) is 5.26 Å². The molecule has 1 heterocycles. The van der Waals surface area contributed by atoms with Gasteiger partial charge in [-0.3, -0.25) is 9.59 Å². The summed E-state index contributed by atoms with van der Waals surface area (Å²) in [5.74, 6) is -1.96. The number of hydrogen-bond donors (Lipinski definition) is 0. The number of alkyl halides is 3. The molecule has 0 bridgehead atoms. The molecule has 4 rings (SSSR count). The van der Waals surface area contributed by atoms with Gasteiger partial charge in [0.2, 0.25) is 0 Å². The van der Waals surface area contributed by atoms with Gasteiger partial charge >= 0.3 is 12.2 Å². The molecule has 1 aliphatic heterocycles. The molecule has 6 nitrogen and oxygen atoms in total. The van der Waals surface area contributed by atoms with Gasteiger partial charge < -0.3 is 4.90 Å². The Bertz CT molecular complexity index is 1600. The van der Waals surface area contributed by atoms with Crippen molar-refractivity contribution in [1.82, 2.24) is 4.90 Å². The minimum Gasteiger partial charge on any atom is -0.305 e. The van der Waals surface area contributed by atoms with Crippen LogP contribution in [-0.4, -0.2) is 28.2 Å². The highest BCUT2D eigenvalue weighted by Gasteiger charge is 2.52. The third-order valence-electron chi connectivity index (χ3n) is 7.17. The van der Waals surface area contributed by atoms with E-state index >= 15 is 0 Å². The third-order valence-corrected chi connectivity index (χ3v) is 7.17. The zero-order chi connectivity index (χ0) is 30.5.